The third-order valence-corrected chi connectivity index (χ3v) is 5.86. The number of carbonyl (C=O) groups is 1. The fourth-order valence-corrected chi connectivity index (χ4v) is 4.33. The molecular formula is C25H23NO4. The van der Waals surface area contributed by atoms with Crippen LogP contribution in [0.5, 0.6) is 11.5 Å². The summed E-state index contributed by atoms with van der Waals surface area (Å²) in [5.41, 5.74) is 6.78. The van der Waals surface area contributed by atoms with Crippen LogP contribution < -0.4 is 14.4 Å². The lowest BCUT2D eigenvalue weighted by Gasteiger charge is -2.23. The van der Waals surface area contributed by atoms with Gasteiger partial charge in [0.05, 0.1) is 5.56 Å². The van der Waals surface area contributed by atoms with Crippen molar-refractivity contribution in [1.82, 2.24) is 0 Å². The highest BCUT2D eigenvalue weighted by atomic mass is 16.7. The Morgan fingerprint density at radius 2 is 1.73 bits per heavy atom. The number of anilines is 1. The summed E-state index contributed by atoms with van der Waals surface area (Å²) in [5.74, 6) is 0.752. The van der Waals surface area contributed by atoms with Gasteiger partial charge < -0.3 is 19.5 Å². The Balaban J connectivity index is 1.33. The number of carboxylic acid groups (broad SMARTS) is 1. The predicted octanol–water partition coefficient (Wildman–Crippen LogP) is 4.46. The van der Waals surface area contributed by atoms with Crippen LogP contribution in [0.2, 0.25) is 0 Å². The Bertz CT molecular complexity index is 1090. The number of para-hydroxylation sites is 1. The second-order valence-electron chi connectivity index (χ2n) is 7.79. The summed E-state index contributed by atoms with van der Waals surface area (Å²) in [6.45, 7) is 2.14. The first kappa shape index (κ1) is 18.6. The van der Waals surface area contributed by atoms with Crippen molar-refractivity contribution in [1.29, 1.82) is 0 Å². The zero-order valence-corrected chi connectivity index (χ0v) is 16.6. The van der Waals surface area contributed by atoms with E-state index in [4.69, 9.17) is 14.6 Å². The van der Waals surface area contributed by atoms with E-state index in [1.54, 1.807) is 12.1 Å². The van der Waals surface area contributed by atoms with Crippen LogP contribution in [0.4, 0.5) is 5.69 Å². The lowest BCUT2D eigenvalue weighted by Crippen LogP contribution is -2.21. The minimum atomic E-state index is -0.887. The topological polar surface area (TPSA) is 59.0 Å². The maximum Gasteiger partial charge on any atom is 0.335 e. The van der Waals surface area contributed by atoms with Gasteiger partial charge in [-0.3, -0.25) is 0 Å². The maximum absolute atomic E-state index is 11.0. The van der Waals surface area contributed by atoms with E-state index in [0.29, 0.717) is 12.4 Å². The molecule has 0 bridgehead atoms. The number of nitrogens with zero attached hydrogens (tertiary/aromatic N) is 1. The summed E-state index contributed by atoms with van der Waals surface area (Å²) < 4.78 is 11.0. The Hall–Kier alpha value is -3.47. The van der Waals surface area contributed by atoms with Gasteiger partial charge in [0.25, 0.3) is 0 Å². The van der Waals surface area contributed by atoms with Crippen molar-refractivity contribution in [2.75, 3.05) is 18.2 Å². The number of rotatable bonds is 6. The zero-order valence-electron chi connectivity index (χ0n) is 16.6. The summed E-state index contributed by atoms with van der Waals surface area (Å²) in [4.78, 5) is 13.5. The number of fused-ring (bicyclic) bond motifs is 2. The number of ether oxygens (including phenoxy) is 2. The number of carboxylic acids is 1. The predicted molar refractivity (Wildman–Crippen MR) is 115 cm³/mol. The van der Waals surface area contributed by atoms with Crippen molar-refractivity contribution in [2.24, 2.45) is 0 Å². The van der Waals surface area contributed by atoms with Gasteiger partial charge in [-0.25, -0.2) is 4.79 Å². The first-order chi connectivity index (χ1) is 14.7. The molecule has 0 atom stereocenters. The highest BCUT2D eigenvalue weighted by Gasteiger charge is 2.23. The molecular weight excluding hydrogens is 378 g/mol. The third kappa shape index (κ3) is 3.59. The van der Waals surface area contributed by atoms with Crippen molar-refractivity contribution in [3.63, 3.8) is 0 Å². The fraction of sp³-hybridized carbons (Fsp3) is 0.240. The molecule has 0 saturated carbocycles. The van der Waals surface area contributed by atoms with Crippen LogP contribution in [-0.2, 0) is 25.8 Å². The van der Waals surface area contributed by atoms with E-state index in [1.165, 1.54) is 22.4 Å². The molecule has 0 unspecified atom stereocenters. The Kier molecular flexibility index (Phi) is 4.79. The molecule has 0 amide bonds. The van der Waals surface area contributed by atoms with Crippen LogP contribution in [-0.4, -0.2) is 24.4 Å². The van der Waals surface area contributed by atoms with E-state index in [0.717, 1.165) is 49.4 Å². The number of aryl methyl sites for hydroxylation is 2. The van der Waals surface area contributed by atoms with Crippen molar-refractivity contribution < 1.29 is 19.4 Å². The van der Waals surface area contributed by atoms with Crippen LogP contribution in [0.3, 0.4) is 0 Å². The standard InChI is InChI=1S/C25H23NO4/c27-25(28)21-9-5-17(6-10-21)4-8-19-2-1-3-20-12-13-26(24(19)20)15-18-7-11-22-23(14-18)30-16-29-22/h1-3,5-7,9-11,14H,4,8,12-13,15-16H2,(H,27,28). The van der Waals surface area contributed by atoms with Gasteiger partial charge >= 0.3 is 5.97 Å². The maximum atomic E-state index is 11.0. The number of hydrogen-bond acceptors (Lipinski definition) is 4. The molecule has 0 spiro atoms. The fourth-order valence-electron chi connectivity index (χ4n) is 4.33. The average molecular weight is 401 g/mol. The highest BCUT2D eigenvalue weighted by Crippen LogP contribution is 2.36. The van der Waals surface area contributed by atoms with Crippen molar-refractivity contribution in [3.05, 3.63) is 88.5 Å². The summed E-state index contributed by atoms with van der Waals surface area (Å²) >= 11 is 0. The molecule has 0 aliphatic carbocycles. The lowest BCUT2D eigenvalue weighted by molar-refractivity contribution is 0.0697. The summed E-state index contributed by atoms with van der Waals surface area (Å²) in [7, 11) is 0. The smallest absolute Gasteiger partial charge is 0.335 e. The Morgan fingerprint density at radius 3 is 2.57 bits per heavy atom. The molecule has 30 heavy (non-hydrogen) atoms. The van der Waals surface area contributed by atoms with Gasteiger partial charge in [0.1, 0.15) is 0 Å². The van der Waals surface area contributed by atoms with Crippen LogP contribution in [0.1, 0.15) is 32.6 Å². The molecule has 2 aliphatic heterocycles. The van der Waals surface area contributed by atoms with Gasteiger partial charge in [-0.15, -0.1) is 0 Å². The molecule has 0 saturated heterocycles. The molecule has 0 fully saturated rings. The molecule has 5 nitrogen and oxygen atoms in total. The van der Waals surface area contributed by atoms with Gasteiger partial charge in [-0.05, 0) is 65.8 Å². The molecule has 0 aromatic heterocycles. The summed E-state index contributed by atoms with van der Waals surface area (Å²) in [6, 6.07) is 19.9. The molecule has 5 rings (SSSR count). The largest absolute Gasteiger partial charge is 0.478 e. The highest BCUT2D eigenvalue weighted by molar-refractivity contribution is 5.87. The van der Waals surface area contributed by atoms with E-state index in [-0.39, 0.29) is 0 Å². The monoisotopic (exact) mass is 401 g/mol. The number of aromatic carboxylic acids is 1. The normalized spacial score (nSPS) is 14.1. The van der Waals surface area contributed by atoms with Crippen molar-refractivity contribution in [3.8, 4) is 11.5 Å². The van der Waals surface area contributed by atoms with E-state index in [1.807, 2.05) is 18.2 Å². The molecule has 0 radical (unpaired) electrons. The van der Waals surface area contributed by atoms with Gasteiger partial charge in [0.15, 0.2) is 11.5 Å². The third-order valence-electron chi connectivity index (χ3n) is 5.86. The zero-order chi connectivity index (χ0) is 20.5. The molecule has 1 N–H and O–H groups in total. The Labute approximate surface area is 175 Å². The summed E-state index contributed by atoms with van der Waals surface area (Å²) in [6.07, 6.45) is 2.86. The molecule has 2 aliphatic rings. The minimum Gasteiger partial charge on any atom is -0.478 e. The quantitative estimate of drug-likeness (QED) is 0.661. The van der Waals surface area contributed by atoms with Gasteiger partial charge in [0, 0.05) is 18.8 Å². The summed E-state index contributed by atoms with van der Waals surface area (Å²) in [5, 5.41) is 9.07. The van der Waals surface area contributed by atoms with Crippen molar-refractivity contribution >= 4 is 11.7 Å². The second kappa shape index (κ2) is 7.75. The lowest BCUT2D eigenvalue weighted by atomic mass is 9.99. The van der Waals surface area contributed by atoms with E-state index in [2.05, 4.69) is 35.2 Å². The molecule has 3 aromatic carbocycles. The SMILES string of the molecule is O=C(O)c1ccc(CCc2cccc3c2N(Cc2ccc4c(c2)OCO4)CC3)cc1. The molecule has 5 heteroatoms. The molecule has 152 valence electrons. The van der Waals surface area contributed by atoms with E-state index >= 15 is 0 Å². The Morgan fingerprint density at radius 1 is 0.933 bits per heavy atom. The van der Waals surface area contributed by atoms with Crippen LogP contribution >= 0.6 is 0 Å². The average Bonchev–Trinajstić information content (AvgIpc) is 3.39. The van der Waals surface area contributed by atoms with Gasteiger partial charge in [-0.1, -0.05) is 36.4 Å². The molecule has 2 heterocycles. The first-order valence-corrected chi connectivity index (χ1v) is 10.2. The first-order valence-electron chi connectivity index (χ1n) is 10.2. The second-order valence-corrected chi connectivity index (χ2v) is 7.79. The van der Waals surface area contributed by atoms with Gasteiger partial charge in [-0.2, -0.15) is 0 Å². The molecule has 3 aromatic rings. The number of benzene rings is 3. The van der Waals surface area contributed by atoms with Crippen LogP contribution in [0.25, 0.3) is 0 Å². The van der Waals surface area contributed by atoms with Crippen molar-refractivity contribution in [2.45, 2.75) is 25.8 Å². The van der Waals surface area contributed by atoms with Crippen LogP contribution in [0, 0.1) is 0 Å². The van der Waals surface area contributed by atoms with Crippen LogP contribution in [0.15, 0.2) is 60.7 Å². The van der Waals surface area contributed by atoms with E-state index < -0.39 is 5.97 Å². The van der Waals surface area contributed by atoms with E-state index in [9.17, 15) is 4.79 Å². The minimum absolute atomic E-state index is 0.295. The van der Waals surface area contributed by atoms with Gasteiger partial charge in [0.2, 0.25) is 6.79 Å². The number of hydrogen-bond donors (Lipinski definition) is 1.